The number of carbonyl (C=O) groups excluding carboxylic acids is 1. The zero-order chi connectivity index (χ0) is 20.3. The highest BCUT2D eigenvalue weighted by atomic mass is 32.1. The monoisotopic (exact) mass is 396 g/mol. The van der Waals surface area contributed by atoms with Crippen molar-refractivity contribution in [1.29, 1.82) is 0 Å². The molecule has 0 saturated carbocycles. The van der Waals surface area contributed by atoms with E-state index in [2.05, 4.69) is 28.8 Å². The molecule has 146 valence electrons. The molecule has 0 saturated heterocycles. The van der Waals surface area contributed by atoms with Crippen molar-refractivity contribution in [2.45, 2.75) is 33.4 Å². The topological polar surface area (TPSA) is 81.2 Å². The molecule has 1 unspecified atom stereocenters. The quantitative estimate of drug-likeness (QED) is 0.501. The number of H-pyrrole nitrogens is 1. The summed E-state index contributed by atoms with van der Waals surface area (Å²) in [5.74, 6) is 0.326. The maximum absolute atomic E-state index is 12.6. The van der Waals surface area contributed by atoms with Crippen LogP contribution >= 0.6 is 11.3 Å². The zero-order valence-corrected chi connectivity index (χ0v) is 17.0. The van der Waals surface area contributed by atoms with Crippen molar-refractivity contribution >= 4 is 39.5 Å². The number of anilines is 3. The number of nitrogens with one attached hydrogen (secondary N) is 2. The number of aromatic amines is 1. The van der Waals surface area contributed by atoms with E-state index in [1.807, 2.05) is 31.2 Å². The van der Waals surface area contributed by atoms with E-state index in [4.69, 9.17) is 0 Å². The van der Waals surface area contributed by atoms with Gasteiger partial charge in [0.1, 0.15) is 17.7 Å². The number of hydrogen-bond donors (Lipinski definition) is 3. The Morgan fingerprint density at radius 2 is 2.11 bits per heavy atom. The summed E-state index contributed by atoms with van der Waals surface area (Å²) in [4.78, 5) is 21.6. The van der Waals surface area contributed by atoms with Crippen molar-refractivity contribution in [1.82, 2.24) is 9.97 Å². The van der Waals surface area contributed by atoms with Crippen molar-refractivity contribution in [3.05, 3.63) is 65.3 Å². The Morgan fingerprint density at radius 1 is 1.39 bits per heavy atom. The van der Waals surface area contributed by atoms with E-state index >= 15 is 0 Å². The maximum Gasteiger partial charge on any atom is 0.273 e. The molecule has 3 N–H and O–H groups in total. The molecule has 28 heavy (non-hydrogen) atoms. The molecule has 3 rings (SSSR count). The fraction of sp³-hybridized carbons (Fsp3) is 0.238. The predicted octanol–water partition coefficient (Wildman–Crippen LogP) is 4.80. The number of aliphatic hydroxyl groups is 1. The van der Waals surface area contributed by atoms with Gasteiger partial charge in [-0.3, -0.25) is 10.1 Å². The van der Waals surface area contributed by atoms with Gasteiger partial charge in [0.2, 0.25) is 0 Å². The highest BCUT2D eigenvalue weighted by molar-refractivity contribution is 7.13. The van der Waals surface area contributed by atoms with E-state index < -0.39 is 6.23 Å². The van der Waals surface area contributed by atoms with Crippen molar-refractivity contribution in [2.75, 3.05) is 10.2 Å². The van der Waals surface area contributed by atoms with Gasteiger partial charge in [-0.2, -0.15) is 0 Å². The summed E-state index contributed by atoms with van der Waals surface area (Å²) in [6.45, 7) is 9.68. The largest absolute Gasteiger partial charge is 0.373 e. The third-order valence-electron chi connectivity index (χ3n) is 4.39. The van der Waals surface area contributed by atoms with Crippen molar-refractivity contribution in [2.24, 2.45) is 0 Å². The third kappa shape index (κ3) is 4.16. The molecule has 0 fully saturated rings. The van der Waals surface area contributed by atoms with E-state index in [-0.39, 0.29) is 5.91 Å². The van der Waals surface area contributed by atoms with Crippen molar-refractivity contribution < 1.29 is 9.90 Å². The van der Waals surface area contributed by atoms with Gasteiger partial charge in [-0.05, 0) is 49.6 Å². The predicted molar refractivity (Wildman–Crippen MR) is 115 cm³/mol. The summed E-state index contributed by atoms with van der Waals surface area (Å²) >= 11 is 1.35. The maximum atomic E-state index is 12.6. The van der Waals surface area contributed by atoms with Crippen molar-refractivity contribution in [3.8, 4) is 0 Å². The highest BCUT2D eigenvalue weighted by Gasteiger charge is 2.23. The summed E-state index contributed by atoms with van der Waals surface area (Å²) in [6.07, 6.45) is 1.77. The number of rotatable bonds is 7. The molecule has 6 nitrogen and oxygen atoms in total. The first-order chi connectivity index (χ1) is 13.4. The van der Waals surface area contributed by atoms with E-state index in [0.717, 1.165) is 23.2 Å². The van der Waals surface area contributed by atoms with E-state index in [1.165, 1.54) is 16.9 Å². The second-order valence-electron chi connectivity index (χ2n) is 6.54. The molecule has 1 amide bonds. The molecule has 7 heteroatoms. The molecule has 0 bridgehead atoms. The molecular weight excluding hydrogens is 372 g/mol. The Bertz CT molecular complexity index is 959. The first kappa shape index (κ1) is 19.9. The smallest absolute Gasteiger partial charge is 0.273 e. The van der Waals surface area contributed by atoms with Crippen LogP contribution in [0.2, 0.25) is 0 Å². The SMILES string of the molecule is C=C(C)c1cc(C(=O)Nc2nccs2)[nH]c1N(c1ccc(CC)cc1)C(C)O. The molecule has 1 atom stereocenters. The van der Waals surface area contributed by atoms with Crippen LogP contribution in [0, 0.1) is 0 Å². The van der Waals surface area contributed by atoms with Gasteiger partial charge in [-0.15, -0.1) is 11.3 Å². The number of hydrogen-bond acceptors (Lipinski definition) is 5. The number of aliphatic hydroxyl groups excluding tert-OH is 1. The lowest BCUT2D eigenvalue weighted by atomic mass is 10.1. The normalized spacial score (nSPS) is 11.9. The number of carbonyl (C=O) groups is 1. The van der Waals surface area contributed by atoms with Gasteiger partial charge in [0, 0.05) is 22.8 Å². The highest BCUT2D eigenvalue weighted by Crippen LogP contribution is 2.34. The van der Waals surface area contributed by atoms with E-state index in [9.17, 15) is 9.90 Å². The number of aryl methyl sites for hydroxylation is 1. The van der Waals surface area contributed by atoms with Crippen LogP contribution in [-0.4, -0.2) is 27.2 Å². The van der Waals surface area contributed by atoms with E-state index in [1.54, 1.807) is 29.5 Å². The molecule has 0 radical (unpaired) electrons. The van der Waals surface area contributed by atoms with Crippen LogP contribution in [0.3, 0.4) is 0 Å². The van der Waals surface area contributed by atoms with Crippen LogP contribution in [-0.2, 0) is 6.42 Å². The number of nitrogens with zero attached hydrogens (tertiary/aromatic N) is 2. The first-order valence-corrected chi connectivity index (χ1v) is 9.94. The second-order valence-corrected chi connectivity index (χ2v) is 7.43. The van der Waals surface area contributed by atoms with Gasteiger partial charge in [-0.1, -0.05) is 25.6 Å². The summed E-state index contributed by atoms with van der Waals surface area (Å²) in [5, 5.41) is 15.6. The lowest BCUT2D eigenvalue weighted by Gasteiger charge is -2.28. The average Bonchev–Trinajstić information content (AvgIpc) is 3.32. The molecule has 0 aliphatic heterocycles. The Kier molecular flexibility index (Phi) is 5.96. The minimum Gasteiger partial charge on any atom is -0.373 e. The zero-order valence-electron chi connectivity index (χ0n) is 16.2. The minimum absolute atomic E-state index is 0.296. The van der Waals surface area contributed by atoms with Crippen LogP contribution in [0.15, 0.2) is 48.5 Å². The Morgan fingerprint density at radius 3 is 2.64 bits per heavy atom. The number of amides is 1. The average molecular weight is 397 g/mol. The van der Waals surface area contributed by atoms with Gasteiger partial charge < -0.3 is 15.0 Å². The van der Waals surface area contributed by atoms with Crippen LogP contribution in [0.25, 0.3) is 5.57 Å². The summed E-state index contributed by atoms with van der Waals surface area (Å²) in [7, 11) is 0. The number of benzene rings is 1. The number of allylic oxidation sites excluding steroid dienone is 1. The van der Waals surface area contributed by atoms with Crippen LogP contribution < -0.4 is 10.2 Å². The van der Waals surface area contributed by atoms with Crippen LogP contribution in [0.1, 0.15) is 42.4 Å². The molecule has 2 aromatic heterocycles. The minimum atomic E-state index is -0.806. The van der Waals surface area contributed by atoms with Crippen LogP contribution in [0.4, 0.5) is 16.6 Å². The Balaban J connectivity index is 2.00. The fourth-order valence-electron chi connectivity index (χ4n) is 2.95. The van der Waals surface area contributed by atoms with Crippen LogP contribution in [0.5, 0.6) is 0 Å². The molecule has 0 aliphatic carbocycles. The summed E-state index contributed by atoms with van der Waals surface area (Å²) in [5.41, 5.74) is 3.96. The lowest BCUT2D eigenvalue weighted by molar-refractivity contribution is 0.102. The lowest BCUT2D eigenvalue weighted by Crippen LogP contribution is -2.29. The summed E-state index contributed by atoms with van der Waals surface area (Å²) in [6, 6.07) is 9.73. The number of aromatic nitrogens is 2. The van der Waals surface area contributed by atoms with Gasteiger partial charge in [0.25, 0.3) is 5.91 Å². The van der Waals surface area contributed by atoms with Gasteiger partial charge in [0.15, 0.2) is 5.13 Å². The van der Waals surface area contributed by atoms with Gasteiger partial charge in [-0.25, -0.2) is 4.98 Å². The molecule has 1 aromatic carbocycles. The van der Waals surface area contributed by atoms with Gasteiger partial charge in [0.05, 0.1) is 0 Å². The molecule has 0 aliphatic rings. The standard InChI is InChI=1S/C21H24N4O2S/c1-5-15-6-8-16(9-7-15)25(14(4)26)19-17(13(2)3)12-18(23-19)20(27)24-21-22-10-11-28-21/h6-12,14,23,26H,2,5H2,1,3-4H3,(H,22,24,27). The second kappa shape index (κ2) is 8.41. The van der Waals surface area contributed by atoms with Gasteiger partial charge >= 0.3 is 0 Å². The fourth-order valence-corrected chi connectivity index (χ4v) is 3.48. The van der Waals surface area contributed by atoms with Crippen molar-refractivity contribution in [3.63, 3.8) is 0 Å². The van der Waals surface area contributed by atoms with E-state index in [0.29, 0.717) is 16.6 Å². The molecule has 3 aromatic rings. The molecule has 0 spiro atoms. The Hall–Kier alpha value is -2.90. The Labute approximate surface area is 168 Å². The first-order valence-electron chi connectivity index (χ1n) is 9.06. The number of thiazole rings is 1. The molecule has 2 heterocycles. The summed E-state index contributed by atoms with van der Waals surface area (Å²) < 4.78 is 0. The molecular formula is C21H24N4O2S. The third-order valence-corrected chi connectivity index (χ3v) is 5.08.